The monoisotopic (exact) mass is 673 g/mol. The van der Waals surface area contributed by atoms with Crippen LogP contribution < -0.4 is 15.4 Å². The molecule has 1 atom stereocenters. The molecule has 4 aromatic carbocycles. The molecule has 0 radical (unpaired) electrons. The predicted molar refractivity (Wildman–Crippen MR) is 191 cm³/mol. The van der Waals surface area contributed by atoms with Crippen molar-refractivity contribution in [1.82, 2.24) is 25.5 Å². The molecule has 0 fully saturated rings. The molecule has 0 spiro atoms. The molecule has 0 saturated carbocycles. The van der Waals surface area contributed by atoms with Crippen LogP contribution in [0.2, 0.25) is 0 Å². The molecule has 0 saturated heterocycles. The molecule has 3 N–H and O–H groups in total. The third-order valence-electron chi connectivity index (χ3n) is 8.07. The van der Waals surface area contributed by atoms with Gasteiger partial charge in [0.15, 0.2) is 0 Å². The maximum absolute atomic E-state index is 14.1. The molecular weight excluding hydrogens is 630 g/mol. The van der Waals surface area contributed by atoms with Gasteiger partial charge >= 0.3 is 6.09 Å². The number of hydrogen-bond acceptors (Lipinski definition) is 7. The van der Waals surface area contributed by atoms with Crippen molar-refractivity contribution in [3.05, 3.63) is 156 Å². The number of nitrogens with zero attached hydrogens (tertiary/aromatic N) is 2. The van der Waals surface area contributed by atoms with Gasteiger partial charge in [-0.25, -0.2) is 9.78 Å². The van der Waals surface area contributed by atoms with Crippen LogP contribution in [0.5, 0.6) is 5.75 Å². The summed E-state index contributed by atoms with van der Waals surface area (Å²) in [5.41, 5.74) is 4.69. The van der Waals surface area contributed by atoms with E-state index in [0.717, 1.165) is 35.3 Å². The molecule has 1 aromatic heterocycles. The van der Waals surface area contributed by atoms with Gasteiger partial charge in [0.2, 0.25) is 5.91 Å². The quantitative estimate of drug-likeness (QED) is 0.0976. The van der Waals surface area contributed by atoms with Crippen molar-refractivity contribution >= 4 is 17.9 Å². The Balaban J connectivity index is 1.20. The molecule has 5 aromatic rings. The zero-order valence-corrected chi connectivity index (χ0v) is 28.0. The molecule has 258 valence electrons. The van der Waals surface area contributed by atoms with Crippen LogP contribution >= 0.6 is 0 Å². The summed E-state index contributed by atoms with van der Waals surface area (Å²) in [7, 11) is 0. The largest absolute Gasteiger partial charge is 0.489 e. The molecule has 0 aliphatic rings. The number of rotatable bonds is 18. The number of ether oxygens (including phenoxy) is 2. The van der Waals surface area contributed by atoms with Gasteiger partial charge in [0.05, 0.1) is 12.9 Å². The topological polar surface area (TPSA) is 126 Å². The van der Waals surface area contributed by atoms with E-state index in [9.17, 15) is 14.4 Å². The lowest BCUT2D eigenvalue weighted by molar-refractivity contribution is -0.145. The van der Waals surface area contributed by atoms with E-state index in [1.807, 2.05) is 103 Å². The number of unbranched alkanes of at least 4 members (excludes halogenated alkanes) is 1. The van der Waals surface area contributed by atoms with Gasteiger partial charge in [-0.3, -0.25) is 14.5 Å². The van der Waals surface area contributed by atoms with Crippen molar-refractivity contribution in [2.45, 2.75) is 51.5 Å². The minimum absolute atomic E-state index is 0.0455. The second-order valence-corrected chi connectivity index (χ2v) is 11.9. The molecule has 0 aliphatic heterocycles. The van der Waals surface area contributed by atoms with E-state index in [1.54, 1.807) is 6.20 Å². The van der Waals surface area contributed by atoms with Gasteiger partial charge in [0.25, 0.3) is 5.91 Å². The van der Waals surface area contributed by atoms with E-state index in [2.05, 4.69) is 32.7 Å². The number of imidazole rings is 1. The van der Waals surface area contributed by atoms with Crippen LogP contribution in [-0.2, 0) is 46.9 Å². The summed E-state index contributed by atoms with van der Waals surface area (Å²) >= 11 is 0. The average molecular weight is 674 g/mol. The summed E-state index contributed by atoms with van der Waals surface area (Å²) in [6, 6.07) is 35.9. The Morgan fingerprint density at radius 1 is 0.740 bits per heavy atom. The average Bonchev–Trinajstić information content (AvgIpc) is 3.68. The molecule has 50 heavy (non-hydrogen) atoms. The van der Waals surface area contributed by atoms with Gasteiger partial charge in [-0.2, -0.15) is 0 Å². The molecule has 1 heterocycles. The van der Waals surface area contributed by atoms with E-state index in [1.165, 1.54) is 16.8 Å². The van der Waals surface area contributed by atoms with Gasteiger partial charge in [0.1, 0.15) is 25.0 Å². The van der Waals surface area contributed by atoms with Crippen LogP contribution in [0.25, 0.3) is 0 Å². The Kier molecular flexibility index (Phi) is 13.7. The summed E-state index contributed by atoms with van der Waals surface area (Å²) in [4.78, 5) is 48.9. The highest BCUT2D eigenvalue weighted by molar-refractivity contribution is 5.99. The van der Waals surface area contributed by atoms with E-state index in [4.69, 9.17) is 9.47 Å². The Morgan fingerprint density at radius 2 is 1.38 bits per heavy atom. The zero-order valence-electron chi connectivity index (χ0n) is 28.0. The number of aryl methyl sites for hydroxylation is 1. The van der Waals surface area contributed by atoms with Gasteiger partial charge < -0.3 is 25.1 Å². The van der Waals surface area contributed by atoms with Crippen LogP contribution in [0.3, 0.4) is 0 Å². The molecule has 5 rings (SSSR count). The summed E-state index contributed by atoms with van der Waals surface area (Å²) in [5, 5.41) is 5.88. The van der Waals surface area contributed by atoms with Crippen LogP contribution in [0.15, 0.2) is 128 Å². The maximum Gasteiger partial charge on any atom is 0.408 e. The van der Waals surface area contributed by atoms with Gasteiger partial charge in [0, 0.05) is 31.4 Å². The number of imide groups is 1. The third kappa shape index (κ3) is 11.7. The summed E-state index contributed by atoms with van der Waals surface area (Å²) in [6.45, 7) is 1.08. The highest BCUT2D eigenvalue weighted by Gasteiger charge is 2.30. The van der Waals surface area contributed by atoms with E-state index in [-0.39, 0.29) is 32.0 Å². The first-order valence-electron chi connectivity index (χ1n) is 16.8. The number of benzene rings is 4. The van der Waals surface area contributed by atoms with E-state index in [0.29, 0.717) is 25.3 Å². The maximum atomic E-state index is 14.1. The molecule has 0 bridgehead atoms. The van der Waals surface area contributed by atoms with Gasteiger partial charge in [-0.15, -0.1) is 0 Å². The molecule has 10 heteroatoms. The van der Waals surface area contributed by atoms with Crippen LogP contribution in [0.4, 0.5) is 4.79 Å². The lowest BCUT2D eigenvalue weighted by Gasteiger charge is -2.26. The van der Waals surface area contributed by atoms with E-state index < -0.39 is 18.0 Å². The predicted octanol–water partition coefficient (Wildman–Crippen LogP) is 5.99. The number of aromatic nitrogens is 2. The fraction of sp³-hybridized carbons (Fsp3) is 0.250. The number of H-pyrrole nitrogens is 1. The summed E-state index contributed by atoms with van der Waals surface area (Å²) < 4.78 is 11.3. The molecular formula is C40H43N5O5. The van der Waals surface area contributed by atoms with Crippen molar-refractivity contribution in [3.63, 3.8) is 0 Å². The van der Waals surface area contributed by atoms with Crippen molar-refractivity contribution in [1.29, 1.82) is 0 Å². The second kappa shape index (κ2) is 19.3. The SMILES string of the molecule is O=C(N[C@@H](Cc1cnc[nH]1)C(=O)N(CCCCc1ccccc1)C(=O)CNCc1ccc(OCc2ccccc2)cc1)OCc1ccccc1. The fourth-order valence-corrected chi connectivity index (χ4v) is 5.37. The number of alkyl carbamates (subject to hydrolysis) is 1. The fourth-order valence-electron chi connectivity index (χ4n) is 5.37. The Labute approximate surface area is 292 Å². The Morgan fingerprint density at radius 3 is 2.02 bits per heavy atom. The minimum Gasteiger partial charge on any atom is -0.489 e. The van der Waals surface area contributed by atoms with Crippen LogP contribution in [0, 0.1) is 0 Å². The minimum atomic E-state index is -1.06. The smallest absolute Gasteiger partial charge is 0.408 e. The summed E-state index contributed by atoms with van der Waals surface area (Å²) in [5.74, 6) is -0.145. The van der Waals surface area contributed by atoms with Crippen LogP contribution in [0.1, 0.15) is 40.8 Å². The summed E-state index contributed by atoms with van der Waals surface area (Å²) in [6.07, 6.45) is 4.65. The number of nitrogens with one attached hydrogen (secondary N) is 3. The first-order chi connectivity index (χ1) is 24.5. The Hall–Kier alpha value is -5.74. The molecule has 3 amide bonds. The van der Waals surface area contributed by atoms with Crippen molar-refractivity contribution in [2.75, 3.05) is 13.1 Å². The van der Waals surface area contributed by atoms with Crippen LogP contribution in [-0.4, -0.2) is 51.9 Å². The Bertz CT molecular complexity index is 1730. The number of amides is 3. The number of aromatic amines is 1. The molecule has 0 unspecified atom stereocenters. The lowest BCUT2D eigenvalue weighted by Crippen LogP contribution is -2.53. The molecule has 10 nitrogen and oxygen atoms in total. The van der Waals surface area contributed by atoms with Crippen molar-refractivity contribution in [2.24, 2.45) is 0 Å². The number of hydrogen-bond donors (Lipinski definition) is 3. The van der Waals surface area contributed by atoms with Crippen molar-refractivity contribution in [3.8, 4) is 5.75 Å². The first-order valence-corrected chi connectivity index (χ1v) is 16.8. The number of carbonyl (C=O) groups excluding carboxylic acids is 3. The standard InChI is InChI=1S/C40H43N5O5/c46-38(27-41-25-32-19-21-36(22-20-32)49-28-33-15-6-2-7-16-33)45(23-11-10-14-31-12-4-1-5-13-31)39(47)37(24-35-26-42-30-43-35)44-40(48)50-29-34-17-8-3-9-18-34/h1-9,12-13,15-22,26,30,37,41H,10-11,14,23-25,27-29H2,(H,42,43)(H,44,48)/t37-/m0/s1. The highest BCUT2D eigenvalue weighted by atomic mass is 16.5. The normalized spacial score (nSPS) is 11.4. The first kappa shape index (κ1) is 35.6. The van der Waals surface area contributed by atoms with Crippen molar-refractivity contribution < 1.29 is 23.9 Å². The van der Waals surface area contributed by atoms with Gasteiger partial charge in [-0.1, -0.05) is 103 Å². The third-order valence-corrected chi connectivity index (χ3v) is 8.07. The zero-order chi connectivity index (χ0) is 34.8. The number of carbonyl (C=O) groups is 3. The second-order valence-electron chi connectivity index (χ2n) is 11.9. The van der Waals surface area contributed by atoms with E-state index >= 15 is 0 Å². The lowest BCUT2D eigenvalue weighted by atomic mass is 10.1. The highest BCUT2D eigenvalue weighted by Crippen LogP contribution is 2.15. The van der Waals surface area contributed by atoms with Gasteiger partial charge in [-0.05, 0) is 53.6 Å². The molecule has 0 aliphatic carbocycles.